The number of rotatable bonds is 5. The van der Waals surface area contributed by atoms with Gasteiger partial charge in [0.1, 0.15) is 29.2 Å². The summed E-state index contributed by atoms with van der Waals surface area (Å²) in [7, 11) is 0. The van der Waals surface area contributed by atoms with Gasteiger partial charge in [-0.05, 0) is 50.4 Å². The standard InChI is InChI=1S/C22H21N9OS/c1-14-22(26-28-31(14)17-3-6-29(13-24)7-4-17)16-9-20-25-12-18(11-23)30(20)21(10-16)32-15(2)19-5-8-33-27-19/h5,8-10,12,15,17H,3-4,6-7H2,1-2H3. The Morgan fingerprint density at radius 3 is 2.76 bits per heavy atom. The lowest BCUT2D eigenvalue weighted by Gasteiger charge is -2.28. The van der Waals surface area contributed by atoms with Crippen molar-refractivity contribution in [2.75, 3.05) is 13.1 Å². The summed E-state index contributed by atoms with van der Waals surface area (Å²) >= 11 is 1.37. The molecule has 0 spiro atoms. The molecule has 1 fully saturated rings. The molecule has 11 heteroatoms. The van der Waals surface area contributed by atoms with Crippen molar-refractivity contribution in [3.63, 3.8) is 0 Å². The van der Waals surface area contributed by atoms with Crippen molar-refractivity contribution in [2.24, 2.45) is 0 Å². The van der Waals surface area contributed by atoms with Gasteiger partial charge in [-0.3, -0.25) is 4.40 Å². The maximum absolute atomic E-state index is 9.56. The van der Waals surface area contributed by atoms with Crippen LogP contribution in [0.1, 0.15) is 49.0 Å². The molecule has 166 valence electrons. The van der Waals surface area contributed by atoms with E-state index in [0.717, 1.165) is 48.6 Å². The molecular formula is C22H21N9OS. The molecule has 0 radical (unpaired) electrons. The van der Waals surface area contributed by atoms with E-state index in [2.05, 4.69) is 31.9 Å². The SMILES string of the molecule is Cc1c(-c2cc(OC(C)c3ccsn3)n3c(C#N)cnc3c2)nnn1C1CCN(C#N)CC1. The van der Waals surface area contributed by atoms with E-state index in [1.54, 1.807) is 9.30 Å². The van der Waals surface area contributed by atoms with Crippen molar-refractivity contribution < 1.29 is 4.74 Å². The van der Waals surface area contributed by atoms with Gasteiger partial charge < -0.3 is 9.64 Å². The zero-order chi connectivity index (χ0) is 22.9. The Kier molecular flexibility index (Phi) is 5.40. The fourth-order valence-electron chi connectivity index (χ4n) is 4.22. The average molecular weight is 460 g/mol. The first kappa shape index (κ1) is 20.9. The zero-order valence-corrected chi connectivity index (χ0v) is 19.0. The predicted molar refractivity (Wildman–Crippen MR) is 120 cm³/mol. The molecule has 5 heterocycles. The summed E-state index contributed by atoms with van der Waals surface area (Å²) < 4.78 is 14.3. The second kappa shape index (κ2) is 8.52. The smallest absolute Gasteiger partial charge is 0.201 e. The van der Waals surface area contributed by atoms with Crippen LogP contribution >= 0.6 is 11.5 Å². The number of imidazole rings is 1. The van der Waals surface area contributed by atoms with Crippen molar-refractivity contribution >= 4 is 17.2 Å². The number of likely N-dealkylation sites (tertiary alicyclic amines) is 1. The van der Waals surface area contributed by atoms with Crippen LogP contribution in [0.25, 0.3) is 16.9 Å². The fourth-order valence-corrected chi connectivity index (χ4v) is 4.81. The molecule has 0 amide bonds. The number of piperidine rings is 1. The van der Waals surface area contributed by atoms with Crippen molar-refractivity contribution in [1.82, 2.24) is 33.7 Å². The normalized spacial score (nSPS) is 15.3. The summed E-state index contributed by atoms with van der Waals surface area (Å²) in [5, 5.41) is 29.5. The van der Waals surface area contributed by atoms with E-state index < -0.39 is 0 Å². The maximum atomic E-state index is 9.56. The number of pyridine rings is 1. The van der Waals surface area contributed by atoms with E-state index >= 15 is 0 Å². The number of nitriles is 2. The molecule has 0 bridgehead atoms. The summed E-state index contributed by atoms with van der Waals surface area (Å²) in [6.07, 6.45) is 5.15. The second-order valence-corrected chi connectivity index (χ2v) is 8.67. The highest BCUT2D eigenvalue weighted by Gasteiger charge is 2.25. The van der Waals surface area contributed by atoms with Crippen LogP contribution in [0, 0.1) is 29.7 Å². The predicted octanol–water partition coefficient (Wildman–Crippen LogP) is 3.49. The molecule has 4 aromatic rings. The number of hydrogen-bond donors (Lipinski definition) is 0. The molecule has 0 aromatic carbocycles. The molecule has 1 aliphatic heterocycles. The molecule has 1 atom stereocenters. The van der Waals surface area contributed by atoms with Crippen LogP contribution in [-0.2, 0) is 0 Å². The second-order valence-electron chi connectivity index (χ2n) is 8.00. The first-order valence-corrected chi connectivity index (χ1v) is 11.5. The lowest BCUT2D eigenvalue weighted by Crippen LogP contribution is -2.31. The van der Waals surface area contributed by atoms with Crippen molar-refractivity contribution in [2.45, 2.75) is 38.8 Å². The van der Waals surface area contributed by atoms with E-state index in [1.807, 2.05) is 42.1 Å². The van der Waals surface area contributed by atoms with E-state index in [-0.39, 0.29) is 12.1 Å². The van der Waals surface area contributed by atoms with Gasteiger partial charge in [-0.2, -0.15) is 14.9 Å². The van der Waals surface area contributed by atoms with Crippen LogP contribution < -0.4 is 4.74 Å². The Bertz CT molecular complexity index is 1370. The monoisotopic (exact) mass is 459 g/mol. The molecular weight excluding hydrogens is 438 g/mol. The molecule has 1 saturated heterocycles. The van der Waals surface area contributed by atoms with E-state index in [4.69, 9.17) is 10.00 Å². The molecule has 0 aliphatic carbocycles. The van der Waals surface area contributed by atoms with Crippen LogP contribution in [0.2, 0.25) is 0 Å². The third-order valence-corrected chi connectivity index (χ3v) is 6.59. The maximum Gasteiger partial charge on any atom is 0.201 e. The topological polar surface area (TPSA) is 121 Å². The van der Waals surface area contributed by atoms with Gasteiger partial charge in [-0.15, -0.1) is 5.10 Å². The average Bonchev–Trinajstić information content (AvgIpc) is 3.59. The lowest BCUT2D eigenvalue weighted by atomic mass is 10.0. The summed E-state index contributed by atoms with van der Waals surface area (Å²) in [4.78, 5) is 6.18. The first-order valence-electron chi connectivity index (χ1n) is 10.6. The molecule has 4 aromatic heterocycles. The highest BCUT2D eigenvalue weighted by Crippen LogP contribution is 2.32. The number of hydrogen-bond acceptors (Lipinski definition) is 9. The molecule has 0 N–H and O–H groups in total. The zero-order valence-electron chi connectivity index (χ0n) is 18.2. The quantitative estimate of drug-likeness (QED) is 0.416. The highest BCUT2D eigenvalue weighted by molar-refractivity contribution is 7.03. The number of nitrogens with zero attached hydrogens (tertiary/aromatic N) is 9. The van der Waals surface area contributed by atoms with Gasteiger partial charge >= 0.3 is 0 Å². The minimum atomic E-state index is -0.300. The third kappa shape index (κ3) is 3.77. The van der Waals surface area contributed by atoms with E-state index in [9.17, 15) is 5.26 Å². The van der Waals surface area contributed by atoms with Gasteiger partial charge in [-0.25, -0.2) is 9.67 Å². The van der Waals surface area contributed by atoms with Crippen LogP contribution in [0.3, 0.4) is 0 Å². The third-order valence-electron chi connectivity index (χ3n) is 6.01. The largest absolute Gasteiger partial charge is 0.469 e. The Hall–Kier alpha value is -3.96. The number of ether oxygens (including phenoxy) is 1. The molecule has 33 heavy (non-hydrogen) atoms. The van der Waals surface area contributed by atoms with Crippen molar-refractivity contribution in [3.05, 3.63) is 46.9 Å². The Morgan fingerprint density at radius 1 is 1.24 bits per heavy atom. The molecule has 0 saturated carbocycles. The van der Waals surface area contributed by atoms with Crippen LogP contribution in [0.5, 0.6) is 5.88 Å². The Morgan fingerprint density at radius 2 is 2.06 bits per heavy atom. The van der Waals surface area contributed by atoms with Crippen molar-refractivity contribution in [3.8, 4) is 29.4 Å². The molecule has 1 unspecified atom stereocenters. The number of fused-ring (bicyclic) bond motifs is 1. The summed E-state index contributed by atoms with van der Waals surface area (Å²) in [6, 6.07) is 8.06. The lowest BCUT2D eigenvalue weighted by molar-refractivity contribution is 0.211. The molecule has 1 aliphatic rings. The summed E-state index contributed by atoms with van der Waals surface area (Å²) in [6.45, 7) is 5.37. The minimum absolute atomic E-state index is 0.205. The summed E-state index contributed by atoms with van der Waals surface area (Å²) in [5.74, 6) is 0.494. The van der Waals surface area contributed by atoms with Gasteiger partial charge in [0, 0.05) is 30.1 Å². The van der Waals surface area contributed by atoms with Crippen LogP contribution in [0.4, 0.5) is 0 Å². The van der Waals surface area contributed by atoms with Gasteiger partial charge in [0.25, 0.3) is 0 Å². The van der Waals surface area contributed by atoms with Crippen molar-refractivity contribution in [1.29, 1.82) is 10.5 Å². The highest BCUT2D eigenvalue weighted by atomic mass is 32.1. The first-order chi connectivity index (χ1) is 16.1. The molecule has 5 rings (SSSR count). The fraction of sp³-hybridized carbons (Fsp3) is 0.364. The van der Waals surface area contributed by atoms with Gasteiger partial charge in [-0.1, -0.05) is 5.21 Å². The van der Waals surface area contributed by atoms with Gasteiger partial charge in [0.2, 0.25) is 5.88 Å². The van der Waals surface area contributed by atoms with Crippen LogP contribution in [0.15, 0.2) is 29.8 Å². The van der Waals surface area contributed by atoms with Gasteiger partial charge in [0.05, 0.1) is 23.6 Å². The summed E-state index contributed by atoms with van der Waals surface area (Å²) in [5.41, 5.74) is 4.31. The number of aromatic nitrogens is 6. The Labute approximate surface area is 194 Å². The van der Waals surface area contributed by atoms with Crippen LogP contribution in [-0.4, -0.2) is 46.7 Å². The van der Waals surface area contributed by atoms with Gasteiger partial charge in [0.15, 0.2) is 6.19 Å². The minimum Gasteiger partial charge on any atom is -0.469 e. The van der Waals surface area contributed by atoms with E-state index in [1.165, 1.54) is 17.7 Å². The Balaban J connectivity index is 1.52. The molecule has 10 nitrogen and oxygen atoms in total. The van der Waals surface area contributed by atoms with E-state index in [0.29, 0.717) is 17.2 Å².